The first kappa shape index (κ1) is 24.5. The maximum atomic E-state index is 13.5. The van der Waals surface area contributed by atoms with Crippen molar-refractivity contribution in [3.63, 3.8) is 0 Å². The van der Waals surface area contributed by atoms with Crippen molar-refractivity contribution in [1.82, 2.24) is 15.0 Å². The number of aliphatic hydroxyl groups excluding tert-OH is 1. The molecule has 0 aliphatic carbocycles. The second-order valence-electron chi connectivity index (χ2n) is 9.80. The van der Waals surface area contributed by atoms with Crippen molar-refractivity contribution in [3.8, 4) is 0 Å². The number of hydrogen-bond acceptors (Lipinski definition) is 10. The largest absolute Gasteiger partial charge is 0.390 e. The SMILES string of the molecule is C[C@@H]1OCC2(CCN(c3nc(N)c(Sc4cccnc4N4CCCC4CF)nc3CO)CC2)[C@@H]1N. The number of alkyl halides is 1. The minimum atomic E-state index is -0.404. The van der Waals surface area contributed by atoms with E-state index in [1.165, 1.54) is 11.8 Å². The number of nitrogens with zero attached hydrogens (tertiary/aromatic N) is 5. The van der Waals surface area contributed by atoms with E-state index >= 15 is 0 Å². The molecule has 1 unspecified atom stereocenters. The molecule has 11 heteroatoms. The van der Waals surface area contributed by atoms with Crippen molar-refractivity contribution < 1.29 is 14.2 Å². The predicted molar refractivity (Wildman–Crippen MR) is 134 cm³/mol. The van der Waals surface area contributed by atoms with Crippen LogP contribution in [0, 0.1) is 5.41 Å². The van der Waals surface area contributed by atoms with E-state index in [1.54, 1.807) is 6.20 Å². The number of rotatable bonds is 6. The molecule has 5 heterocycles. The lowest BCUT2D eigenvalue weighted by atomic mass is 9.73. The molecule has 0 bridgehead atoms. The van der Waals surface area contributed by atoms with Gasteiger partial charge in [0.05, 0.1) is 30.3 Å². The van der Waals surface area contributed by atoms with E-state index in [4.69, 9.17) is 21.2 Å². The Labute approximate surface area is 209 Å². The lowest BCUT2D eigenvalue weighted by molar-refractivity contribution is 0.0973. The molecule has 3 saturated heterocycles. The highest BCUT2D eigenvalue weighted by atomic mass is 32.2. The van der Waals surface area contributed by atoms with Crippen molar-refractivity contribution in [1.29, 1.82) is 0 Å². The molecule has 0 radical (unpaired) electrons. The summed E-state index contributed by atoms with van der Waals surface area (Å²) >= 11 is 1.35. The standard InChI is InChI=1S/C24H34FN7O2S/c1-15-19(26)24(14-34-15)6-10-31(11-7-24)21-17(13-33)29-23(20(27)30-21)35-18-5-2-8-28-22(18)32-9-3-4-16(32)12-25/h2,5,8,15-16,19,33H,3-4,6-7,9-14,26H2,1H3,(H2,27,30)/t15-,16?,19+/m0/s1. The fraction of sp³-hybridized carbons (Fsp3) is 0.625. The van der Waals surface area contributed by atoms with Gasteiger partial charge < -0.3 is 31.1 Å². The second kappa shape index (κ2) is 10.0. The Morgan fingerprint density at radius 2 is 2.06 bits per heavy atom. The minimum absolute atomic E-state index is 0.00614. The molecule has 1 spiro atoms. The lowest BCUT2D eigenvalue weighted by Crippen LogP contribution is -2.51. The zero-order chi connectivity index (χ0) is 24.6. The molecule has 5 N–H and O–H groups in total. The van der Waals surface area contributed by atoms with E-state index < -0.39 is 6.67 Å². The Kier molecular flexibility index (Phi) is 7.02. The Balaban J connectivity index is 1.36. The number of anilines is 3. The molecule has 3 atom stereocenters. The van der Waals surface area contributed by atoms with Crippen molar-refractivity contribution in [2.75, 3.05) is 48.4 Å². The molecule has 3 aliphatic heterocycles. The number of halogens is 1. The van der Waals surface area contributed by atoms with Gasteiger partial charge in [0.15, 0.2) is 11.6 Å². The van der Waals surface area contributed by atoms with Crippen LogP contribution in [-0.4, -0.2) is 71.2 Å². The Morgan fingerprint density at radius 3 is 2.74 bits per heavy atom. The van der Waals surface area contributed by atoms with Gasteiger partial charge in [0.1, 0.15) is 23.2 Å². The molecular weight excluding hydrogens is 469 g/mol. The normalized spacial score (nSPS) is 26.1. The van der Waals surface area contributed by atoms with Crippen LogP contribution in [0.1, 0.15) is 38.3 Å². The maximum Gasteiger partial charge on any atom is 0.158 e. The van der Waals surface area contributed by atoms with Crippen LogP contribution in [0.15, 0.2) is 28.3 Å². The summed E-state index contributed by atoms with van der Waals surface area (Å²) in [4.78, 5) is 18.9. The molecule has 5 rings (SSSR count). The summed E-state index contributed by atoms with van der Waals surface area (Å²) in [5.41, 5.74) is 13.3. The fourth-order valence-corrected chi connectivity index (χ4v) is 6.51. The Morgan fingerprint density at radius 1 is 1.26 bits per heavy atom. The first-order valence-corrected chi connectivity index (χ1v) is 13.1. The van der Waals surface area contributed by atoms with Crippen LogP contribution in [0.2, 0.25) is 0 Å². The monoisotopic (exact) mass is 503 g/mol. The van der Waals surface area contributed by atoms with Crippen LogP contribution in [0.25, 0.3) is 0 Å². The highest BCUT2D eigenvalue weighted by molar-refractivity contribution is 7.99. The molecule has 190 valence electrons. The van der Waals surface area contributed by atoms with E-state index in [0.29, 0.717) is 29.0 Å². The predicted octanol–water partition coefficient (Wildman–Crippen LogP) is 2.37. The third-order valence-electron chi connectivity index (χ3n) is 7.78. The summed E-state index contributed by atoms with van der Waals surface area (Å²) < 4.78 is 19.4. The number of nitrogen functional groups attached to an aromatic ring is 1. The Bertz CT molecular complexity index is 1050. The van der Waals surface area contributed by atoms with Crippen LogP contribution in [0.4, 0.5) is 21.8 Å². The van der Waals surface area contributed by atoms with Gasteiger partial charge in [0, 0.05) is 37.3 Å². The van der Waals surface area contributed by atoms with Gasteiger partial charge in [-0.1, -0.05) is 11.8 Å². The van der Waals surface area contributed by atoms with Crippen LogP contribution in [-0.2, 0) is 11.3 Å². The highest BCUT2D eigenvalue weighted by Gasteiger charge is 2.47. The molecule has 0 amide bonds. The topological polar surface area (TPSA) is 127 Å². The highest BCUT2D eigenvalue weighted by Crippen LogP contribution is 2.43. The van der Waals surface area contributed by atoms with Gasteiger partial charge in [0.25, 0.3) is 0 Å². The molecule has 35 heavy (non-hydrogen) atoms. The van der Waals surface area contributed by atoms with Crippen LogP contribution < -0.4 is 21.3 Å². The van der Waals surface area contributed by atoms with Crippen LogP contribution in [0.5, 0.6) is 0 Å². The third kappa shape index (κ3) is 4.54. The van der Waals surface area contributed by atoms with Crippen molar-refractivity contribution in [2.24, 2.45) is 11.1 Å². The molecule has 9 nitrogen and oxygen atoms in total. The number of hydrogen-bond donors (Lipinski definition) is 3. The average Bonchev–Trinajstić information content (AvgIpc) is 3.47. The summed E-state index contributed by atoms with van der Waals surface area (Å²) in [7, 11) is 0. The number of aromatic nitrogens is 3. The minimum Gasteiger partial charge on any atom is -0.390 e. The van der Waals surface area contributed by atoms with Gasteiger partial charge >= 0.3 is 0 Å². The molecule has 0 aromatic carbocycles. The van der Waals surface area contributed by atoms with E-state index in [-0.39, 0.29) is 30.2 Å². The summed E-state index contributed by atoms with van der Waals surface area (Å²) in [5, 5.41) is 10.6. The zero-order valence-electron chi connectivity index (χ0n) is 20.1. The number of pyridine rings is 1. The average molecular weight is 504 g/mol. The van der Waals surface area contributed by atoms with E-state index in [0.717, 1.165) is 56.0 Å². The molecule has 3 fully saturated rings. The Hall–Kier alpha value is -2.21. The van der Waals surface area contributed by atoms with Crippen LogP contribution >= 0.6 is 11.8 Å². The smallest absolute Gasteiger partial charge is 0.158 e. The van der Waals surface area contributed by atoms with Gasteiger partial charge in [-0.3, -0.25) is 0 Å². The lowest BCUT2D eigenvalue weighted by Gasteiger charge is -2.42. The van der Waals surface area contributed by atoms with Gasteiger partial charge in [0.2, 0.25) is 0 Å². The van der Waals surface area contributed by atoms with Gasteiger partial charge in [-0.25, -0.2) is 19.3 Å². The summed E-state index contributed by atoms with van der Waals surface area (Å²) in [6, 6.07) is 3.65. The first-order valence-electron chi connectivity index (χ1n) is 12.3. The molecule has 2 aromatic heterocycles. The molecular formula is C24H34FN7O2S. The summed E-state index contributed by atoms with van der Waals surface area (Å²) in [6.07, 6.45) is 5.33. The van der Waals surface area contributed by atoms with Crippen molar-refractivity contribution in [2.45, 2.75) is 67.3 Å². The number of nitrogens with two attached hydrogens (primary N) is 2. The van der Waals surface area contributed by atoms with E-state index in [9.17, 15) is 9.50 Å². The maximum absolute atomic E-state index is 13.5. The van der Waals surface area contributed by atoms with Gasteiger partial charge in [-0.05, 0) is 44.7 Å². The summed E-state index contributed by atoms with van der Waals surface area (Å²) in [5.74, 6) is 1.66. The number of aliphatic hydroxyl groups is 1. The van der Waals surface area contributed by atoms with Gasteiger partial charge in [-0.2, -0.15) is 0 Å². The fourth-order valence-electron chi connectivity index (χ4n) is 5.58. The van der Waals surface area contributed by atoms with Crippen molar-refractivity contribution in [3.05, 3.63) is 24.0 Å². The third-order valence-corrected chi connectivity index (χ3v) is 8.81. The quantitative estimate of drug-likeness (QED) is 0.541. The molecule has 2 aromatic rings. The molecule has 0 saturated carbocycles. The van der Waals surface area contributed by atoms with Gasteiger partial charge in [-0.15, -0.1) is 0 Å². The zero-order valence-corrected chi connectivity index (χ0v) is 20.9. The number of piperidine rings is 1. The molecule has 3 aliphatic rings. The number of ether oxygens (including phenoxy) is 1. The van der Waals surface area contributed by atoms with Crippen molar-refractivity contribution >= 4 is 29.2 Å². The van der Waals surface area contributed by atoms with E-state index in [2.05, 4.69) is 14.9 Å². The van der Waals surface area contributed by atoms with E-state index in [1.807, 2.05) is 24.0 Å². The first-order chi connectivity index (χ1) is 17.0. The second-order valence-corrected chi connectivity index (χ2v) is 10.8. The van der Waals surface area contributed by atoms with Crippen LogP contribution in [0.3, 0.4) is 0 Å². The summed E-state index contributed by atoms with van der Waals surface area (Å²) in [6.45, 7) is 4.35.